The summed E-state index contributed by atoms with van der Waals surface area (Å²) < 4.78 is 5.50. The zero-order chi connectivity index (χ0) is 60.3. The molecule has 6 heterocycles. The first kappa shape index (κ1) is 67.0. The van der Waals surface area contributed by atoms with Crippen LogP contribution in [0.5, 0.6) is 0 Å². The number of halogens is 1. The molecular weight excluding hydrogens is 1230 g/mol. The van der Waals surface area contributed by atoms with Gasteiger partial charge in [0.2, 0.25) is 0 Å². The van der Waals surface area contributed by atoms with Crippen molar-refractivity contribution < 1.29 is 37.7 Å². The first-order valence-corrected chi connectivity index (χ1v) is 30.9. The molecular formula is C66H84IN14O4V-. The fourth-order valence-electron chi connectivity index (χ4n) is 10.3. The number of para-hydroxylation sites is 2. The van der Waals surface area contributed by atoms with E-state index in [0.717, 1.165) is 166 Å². The number of aromatic nitrogens is 2. The number of benzene rings is 4. The van der Waals surface area contributed by atoms with Gasteiger partial charge in [-0.25, -0.2) is 24.7 Å². The van der Waals surface area contributed by atoms with Gasteiger partial charge in [0.25, 0.3) is 11.8 Å². The maximum absolute atomic E-state index is 13.2. The van der Waals surface area contributed by atoms with Gasteiger partial charge < -0.3 is 68.6 Å². The fraction of sp³-hybridized carbons (Fsp3) is 0.394. The molecule has 2 fully saturated rings. The molecule has 5 N–H and O–H groups in total. The molecule has 0 saturated carbocycles. The van der Waals surface area contributed by atoms with E-state index in [1.807, 2.05) is 135 Å². The Hall–Kier alpha value is -6.56. The van der Waals surface area contributed by atoms with Crippen LogP contribution in [0.2, 0.25) is 0 Å². The molecule has 3 amide bonds. The van der Waals surface area contributed by atoms with Gasteiger partial charge in [0.05, 0.1) is 34.2 Å². The molecule has 4 aliphatic rings. The van der Waals surface area contributed by atoms with Crippen LogP contribution in [-0.2, 0) is 49.2 Å². The van der Waals surface area contributed by atoms with Crippen molar-refractivity contribution in [3.05, 3.63) is 171 Å². The van der Waals surface area contributed by atoms with Gasteiger partial charge in [0.1, 0.15) is 17.2 Å². The third-order valence-electron chi connectivity index (χ3n) is 14.8. The number of ether oxygens (including phenoxy) is 1. The number of fused-ring (bicyclic) bond motifs is 2. The Bertz CT molecular complexity index is 3250. The van der Waals surface area contributed by atoms with Crippen LogP contribution >= 0.6 is 22.6 Å². The summed E-state index contributed by atoms with van der Waals surface area (Å²) in [5, 5.41) is 16.4. The van der Waals surface area contributed by atoms with Crippen LogP contribution in [0.15, 0.2) is 132 Å². The van der Waals surface area contributed by atoms with E-state index in [2.05, 4.69) is 120 Å². The van der Waals surface area contributed by atoms with Crippen molar-refractivity contribution in [2.45, 2.75) is 65.1 Å². The Labute approximate surface area is 534 Å². The summed E-state index contributed by atoms with van der Waals surface area (Å²) in [5.41, 5.74) is 12.4. The molecule has 18 nitrogen and oxygen atoms in total. The molecule has 6 aromatic rings. The standard InChI is InChI=1S/C35H45N7O3.C30H37N7O.CH2I.V/c1-35(2,3)45-34(44)42-20-18-41(19-21-42)24-25-10-12-26(13-11-25)33(43)39-29-9-6-8-28-22-30(38-32(28)29)27-14-16-37-31(23-27)36-15-7-17-40(4)5;1-36(2)16-4-12-32-28-20-24(11-13-33-28)27-19-25-5-3-6-26(29(25)34-27)35-30(38)23-9-7-22(8-10-23)21-37-17-14-31-15-18-37;1-2;/h6,8-14,16,23H,7,15,17-22,24H2,1-5H3,(H,36,37)(H,39,43);3,5-11,13,20,31H,4,12,14-19,21H2,1-2H3,(H,32,33)(H,35,38);1H2;/q;;-1;. The minimum absolute atomic E-state index is 0. The van der Waals surface area contributed by atoms with E-state index >= 15 is 0 Å². The van der Waals surface area contributed by atoms with Crippen LogP contribution in [-0.4, -0.2) is 176 Å². The number of aliphatic imine (C=N–C) groups is 2. The van der Waals surface area contributed by atoms with Crippen molar-refractivity contribution in [1.82, 2.24) is 39.8 Å². The summed E-state index contributed by atoms with van der Waals surface area (Å²) in [6, 6.07) is 35.6. The van der Waals surface area contributed by atoms with Crippen molar-refractivity contribution in [3.63, 3.8) is 0 Å². The van der Waals surface area contributed by atoms with Gasteiger partial charge in [-0.1, -0.05) is 48.5 Å². The fourth-order valence-corrected chi connectivity index (χ4v) is 10.3. The van der Waals surface area contributed by atoms with Crippen LogP contribution in [0.1, 0.15) is 87.7 Å². The van der Waals surface area contributed by atoms with Crippen LogP contribution < -0.4 is 26.6 Å². The Balaban J connectivity index is 0.000000239. The van der Waals surface area contributed by atoms with Gasteiger partial charge in [-0.2, -0.15) is 0 Å². The molecule has 4 aliphatic heterocycles. The number of nitrogens with one attached hydrogen (secondary N) is 5. The van der Waals surface area contributed by atoms with Gasteiger partial charge in [0.15, 0.2) is 0 Å². The normalized spacial score (nSPS) is 14.7. The molecule has 86 heavy (non-hydrogen) atoms. The average molecular weight is 1320 g/mol. The van der Waals surface area contributed by atoms with E-state index in [0.29, 0.717) is 36.3 Å². The molecule has 0 aliphatic carbocycles. The van der Waals surface area contributed by atoms with Crippen LogP contribution in [0.4, 0.5) is 39.2 Å². The molecule has 2 aromatic heterocycles. The number of nitrogens with zero attached hydrogens (tertiary/aromatic N) is 9. The summed E-state index contributed by atoms with van der Waals surface area (Å²) in [4.78, 5) is 71.6. The van der Waals surface area contributed by atoms with Crippen LogP contribution in [0.3, 0.4) is 0 Å². The molecule has 0 spiro atoms. The third-order valence-corrected chi connectivity index (χ3v) is 14.8. The predicted molar refractivity (Wildman–Crippen MR) is 354 cm³/mol. The third kappa shape index (κ3) is 20.0. The SMILES string of the molecule is CN(C)CCCNc1cc(C2=Nc3c(cccc3NC(=O)c3ccc(CN4CCN(C(=O)OC(C)(C)C)CC4)cc3)C2)ccn1.CN(C)CCCNc1cc(C2=Nc3c(cccc3NC(=O)c3ccc(CN4CCNCC4)cc3)C2)ccn1.[CH2-]I.[V]. The smallest absolute Gasteiger partial charge is 0.410 e. The number of hydrogen-bond donors (Lipinski definition) is 5. The van der Waals surface area contributed by atoms with E-state index < -0.39 is 5.60 Å². The molecule has 0 bridgehead atoms. The maximum Gasteiger partial charge on any atom is 0.410 e. The molecule has 0 atom stereocenters. The zero-order valence-corrected chi connectivity index (χ0v) is 54.5. The van der Waals surface area contributed by atoms with Crippen LogP contribution in [0.25, 0.3) is 0 Å². The van der Waals surface area contributed by atoms with Gasteiger partial charge >= 0.3 is 6.09 Å². The quantitative estimate of drug-likeness (QED) is 0.0276. The van der Waals surface area contributed by atoms with Crippen LogP contribution in [0, 0.1) is 4.93 Å². The summed E-state index contributed by atoms with van der Waals surface area (Å²) in [5.74, 6) is 1.40. The Morgan fingerprint density at radius 1 is 0.605 bits per heavy atom. The van der Waals surface area contributed by atoms with Crippen molar-refractivity contribution in [2.75, 3.05) is 128 Å². The molecule has 0 unspecified atom stereocenters. The van der Waals surface area contributed by atoms with E-state index in [-0.39, 0.29) is 36.5 Å². The van der Waals surface area contributed by atoms with E-state index in [9.17, 15) is 14.4 Å². The second kappa shape index (κ2) is 33.0. The number of piperazine rings is 2. The Kier molecular flexibility index (Phi) is 25.7. The van der Waals surface area contributed by atoms with E-state index in [1.54, 1.807) is 4.90 Å². The van der Waals surface area contributed by atoms with Crippen molar-refractivity contribution >= 4 is 86.3 Å². The molecule has 4 aromatic carbocycles. The Morgan fingerprint density at radius 3 is 1.45 bits per heavy atom. The molecule has 455 valence electrons. The van der Waals surface area contributed by atoms with Crippen molar-refractivity contribution in [1.29, 1.82) is 0 Å². The second-order valence-corrected chi connectivity index (χ2v) is 23.2. The second-order valence-electron chi connectivity index (χ2n) is 23.2. The topological polar surface area (TPSA) is 187 Å². The largest absolute Gasteiger partial charge is 0.444 e. The first-order chi connectivity index (χ1) is 41.1. The van der Waals surface area contributed by atoms with Gasteiger partial charge in [-0.15, -0.1) is 0 Å². The monoisotopic (exact) mass is 1310 g/mol. The minimum Gasteiger partial charge on any atom is -0.444 e. The molecule has 10 rings (SSSR count). The van der Waals surface area contributed by atoms with Gasteiger partial charge in [-0.3, -0.25) is 24.3 Å². The van der Waals surface area contributed by atoms with Gasteiger partial charge in [-0.05, 0) is 158 Å². The number of anilines is 4. The molecule has 2 saturated heterocycles. The van der Waals surface area contributed by atoms with Gasteiger partial charge in [0, 0.05) is 145 Å². The first-order valence-electron chi connectivity index (χ1n) is 29.4. The Morgan fingerprint density at radius 2 is 1.03 bits per heavy atom. The predicted octanol–water partition coefficient (Wildman–Crippen LogP) is 10.4. The van der Waals surface area contributed by atoms with E-state index in [1.165, 1.54) is 5.56 Å². The van der Waals surface area contributed by atoms with E-state index in [4.69, 9.17) is 14.7 Å². The maximum atomic E-state index is 13.2. The average Bonchev–Trinajstić information content (AvgIpc) is 2.88. The number of carbonyl (C=O) groups is 3. The van der Waals surface area contributed by atoms with Crippen molar-refractivity contribution in [3.8, 4) is 0 Å². The zero-order valence-electron chi connectivity index (χ0n) is 51.0. The number of carbonyl (C=O) groups excluding carboxylic acids is 3. The number of pyridine rings is 2. The van der Waals surface area contributed by atoms with Crippen molar-refractivity contribution in [2.24, 2.45) is 9.98 Å². The minimum atomic E-state index is -0.493. The molecule has 20 heteroatoms. The summed E-state index contributed by atoms with van der Waals surface area (Å²) in [7, 11) is 8.31. The number of amides is 3. The summed E-state index contributed by atoms with van der Waals surface area (Å²) >= 11 is 1.90. The number of hydrogen-bond acceptors (Lipinski definition) is 15. The molecule has 1 radical (unpaired) electrons. The number of rotatable bonds is 20. The summed E-state index contributed by atoms with van der Waals surface area (Å²) in [6.45, 7) is 18.1. The summed E-state index contributed by atoms with van der Waals surface area (Å²) in [6.07, 6.45) is 6.89.